The number of hydrogen-bond donors (Lipinski definition) is 1. The highest BCUT2D eigenvalue weighted by Crippen LogP contribution is 2.12. The van der Waals surface area contributed by atoms with Gasteiger partial charge >= 0.3 is 11.9 Å². The van der Waals surface area contributed by atoms with Gasteiger partial charge in [0.15, 0.2) is 0 Å². The van der Waals surface area contributed by atoms with Crippen LogP contribution in [-0.2, 0) is 9.47 Å². The third kappa shape index (κ3) is 8.90. The first kappa shape index (κ1) is 22.2. The summed E-state index contributed by atoms with van der Waals surface area (Å²) in [5, 5.41) is 8.63. The summed E-state index contributed by atoms with van der Waals surface area (Å²) in [5.41, 5.74) is 0.537. The highest BCUT2D eigenvalue weighted by atomic mass is 16.5. The Kier molecular flexibility index (Phi) is 11.0. The Labute approximate surface area is 160 Å². The van der Waals surface area contributed by atoms with Gasteiger partial charge in [-0.2, -0.15) is 0 Å². The van der Waals surface area contributed by atoms with Crippen LogP contribution in [0.25, 0.3) is 0 Å². The van der Waals surface area contributed by atoms with Gasteiger partial charge in [0, 0.05) is 0 Å². The van der Waals surface area contributed by atoms with Gasteiger partial charge in [-0.05, 0) is 37.1 Å². The third-order valence-electron chi connectivity index (χ3n) is 3.59. The fourth-order valence-corrected chi connectivity index (χ4v) is 2.04. The molecule has 0 aliphatic rings. The van der Waals surface area contributed by atoms with Gasteiger partial charge in [0.25, 0.3) is 0 Å². The Morgan fingerprint density at radius 1 is 0.741 bits per heavy atom. The molecule has 146 valence electrons. The summed E-state index contributed by atoms with van der Waals surface area (Å²) in [6.45, 7) is 4.78. The van der Waals surface area contributed by atoms with Crippen molar-refractivity contribution < 1.29 is 24.2 Å². The van der Waals surface area contributed by atoms with E-state index in [0.29, 0.717) is 19.0 Å². The van der Waals surface area contributed by atoms with E-state index in [-0.39, 0.29) is 11.1 Å². The van der Waals surface area contributed by atoms with Crippen molar-refractivity contribution in [2.75, 3.05) is 13.2 Å². The second kappa shape index (κ2) is 13.4. The largest absolute Gasteiger partial charge is 0.508 e. The van der Waals surface area contributed by atoms with E-state index in [4.69, 9.17) is 14.6 Å². The summed E-state index contributed by atoms with van der Waals surface area (Å²) in [4.78, 5) is 23.9. The Morgan fingerprint density at radius 2 is 1.15 bits per heavy atom. The minimum absolute atomic E-state index is 0.269. The average molecular weight is 372 g/mol. The molecule has 0 saturated carbocycles. The lowest BCUT2D eigenvalue weighted by Crippen LogP contribution is -2.14. The summed E-state index contributed by atoms with van der Waals surface area (Å²) in [6, 6.07) is 15.3. The van der Waals surface area contributed by atoms with Gasteiger partial charge in [0.2, 0.25) is 0 Å². The van der Waals surface area contributed by atoms with Gasteiger partial charge in [-0.25, -0.2) is 9.59 Å². The zero-order valence-electron chi connectivity index (χ0n) is 16.0. The molecule has 0 heterocycles. The number of hydrogen-bond acceptors (Lipinski definition) is 5. The predicted molar refractivity (Wildman–Crippen MR) is 105 cm³/mol. The zero-order chi connectivity index (χ0) is 19.9. The number of phenols is 1. The molecule has 0 spiro atoms. The van der Waals surface area contributed by atoms with Crippen molar-refractivity contribution in [1.82, 2.24) is 0 Å². The quantitative estimate of drug-likeness (QED) is 0.522. The maximum Gasteiger partial charge on any atom is 0.339 e. The molecule has 1 N–H and O–H groups in total. The molecule has 0 aromatic heterocycles. The zero-order valence-corrected chi connectivity index (χ0v) is 16.0. The first-order valence-corrected chi connectivity index (χ1v) is 9.27. The smallest absolute Gasteiger partial charge is 0.339 e. The van der Waals surface area contributed by atoms with Crippen LogP contribution in [0.15, 0.2) is 54.6 Å². The van der Waals surface area contributed by atoms with E-state index in [2.05, 4.69) is 0 Å². The minimum atomic E-state index is -0.471. The molecule has 0 fully saturated rings. The number of aromatic hydroxyl groups is 1. The van der Waals surface area contributed by atoms with Crippen molar-refractivity contribution in [2.24, 2.45) is 0 Å². The van der Waals surface area contributed by atoms with Gasteiger partial charge in [-0.15, -0.1) is 0 Å². The molecule has 2 rings (SSSR count). The Bertz CT molecular complexity index is 641. The number of esters is 2. The van der Waals surface area contributed by atoms with Crippen LogP contribution in [0.5, 0.6) is 5.75 Å². The lowest BCUT2D eigenvalue weighted by atomic mass is 10.1. The van der Waals surface area contributed by atoms with E-state index in [1.54, 1.807) is 48.5 Å². The highest BCUT2D eigenvalue weighted by molar-refractivity contribution is 6.03. The Hall–Kier alpha value is -2.82. The lowest BCUT2D eigenvalue weighted by Gasteiger charge is -2.09. The van der Waals surface area contributed by atoms with Crippen molar-refractivity contribution in [1.29, 1.82) is 0 Å². The summed E-state index contributed by atoms with van der Waals surface area (Å²) in [7, 11) is 0. The van der Waals surface area contributed by atoms with Crippen molar-refractivity contribution in [3.05, 3.63) is 65.7 Å². The third-order valence-corrected chi connectivity index (χ3v) is 3.59. The van der Waals surface area contributed by atoms with E-state index in [9.17, 15) is 9.59 Å². The molecule has 5 nitrogen and oxygen atoms in total. The first-order valence-electron chi connectivity index (χ1n) is 9.27. The summed E-state index contributed by atoms with van der Waals surface area (Å²) < 4.78 is 10.3. The summed E-state index contributed by atoms with van der Waals surface area (Å²) in [6.07, 6.45) is 3.53. The van der Waals surface area contributed by atoms with Crippen LogP contribution in [0.4, 0.5) is 0 Å². The molecule has 0 aliphatic heterocycles. The molecule has 2 aromatic rings. The molecule has 0 aliphatic carbocycles. The molecule has 0 bridgehead atoms. The molecule has 0 radical (unpaired) electrons. The van der Waals surface area contributed by atoms with Gasteiger partial charge in [-0.1, -0.05) is 57.0 Å². The highest BCUT2D eigenvalue weighted by Gasteiger charge is 2.18. The summed E-state index contributed by atoms with van der Waals surface area (Å²) in [5.74, 6) is -0.620. The van der Waals surface area contributed by atoms with Crippen LogP contribution < -0.4 is 0 Å². The molecule has 2 aromatic carbocycles. The molecule has 0 atom stereocenters. The van der Waals surface area contributed by atoms with Crippen LogP contribution in [0.3, 0.4) is 0 Å². The van der Waals surface area contributed by atoms with E-state index >= 15 is 0 Å². The number of unbranched alkanes of at least 4 members (excludes halogenated alkanes) is 2. The maximum absolute atomic E-state index is 11.9. The molecule has 0 saturated heterocycles. The predicted octanol–water partition coefficient (Wildman–Crippen LogP) is 4.99. The number of phenolic OH excluding ortho intramolecular Hbond substituents is 1. The topological polar surface area (TPSA) is 72.8 Å². The van der Waals surface area contributed by atoms with Crippen molar-refractivity contribution in [2.45, 2.75) is 39.5 Å². The molecule has 0 unspecified atom stereocenters. The number of ether oxygens (including phenoxy) is 2. The number of carbonyl (C=O) groups is 2. The minimum Gasteiger partial charge on any atom is -0.508 e. The Morgan fingerprint density at radius 3 is 1.48 bits per heavy atom. The fraction of sp³-hybridized carbons (Fsp3) is 0.364. The normalized spacial score (nSPS) is 9.70. The monoisotopic (exact) mass is 372 g/mol. The van der Waals surface area contributed by atoms with Crippen LogP contribution in [-0.4, -0.2) is 30.3 Å². The number of benzene rings is 2. The van der Waals surface area contributed by atoms with Crippen LogP contribution in [0.2, 0.25) is 0 Å². The van der Waals surface area contributed by atoms with Crippen LogP contribution in [0.1, 0.15) is 60.2 Å². The molecule has 0 amide bonds. The standard InChI is InChI=1S/C16H22O4.C6H6O/c1-3-5-11-19-15(17)13-9-7-8-10-14(13)16(18)20-12-6-4-2;7-6-4-2-1-3-5-6/h7-10H,3-6,11-12H2,1-2H3;1-5,7H. The average Bonchev–Trinajstić information content (AvgIpc) is 2.69. The maximum atomic E-state index is 11.9. The number of rotatable bonds is 8. The molecular weight excluding hydrogens is 344 g/mol. The van der Waals surface area contributed by atoms with Gasteiger partial charge in [-0.3, -0.25) is 0 Å². The number of para-hydroxylation sites is 1. The van der Waals surface area contributed by atoms with Gasteiger partial charge < -0.3 is 14.6 Å². The summed E-state index contributed by atoms with van der Waals surface area (Å²) >= 11 is 0. The van der Waals surface area contributed by atoms with Crippen molar-refractivity contribution >= 4 is 11.9 Å². The van der Waals surface area contributed by atoms with Crippen LogP contribution in [0, 0.1) is 0 Å². The van der Waals surface area contributed by atoms with Gasteiger partial charge in [0.1, 0.15) is 5.75 Å². The second-order valence-corrected chi connectivity index (χ2v) is 5.86. The van der Waals surface area contributed by atoms with E-state index in [0.717, 1.165) is 25.7 Å². The van der Waals surface area contributed by atoms with Gasteiger partial charge in [0.05, 0.1) is 24.3 Å². The van der Waals surface area contributed by atoms with E-state index in [1.165, 1.54) is 0 Å². The van der Waals surface area contributed by atoms with Crippen LogP contribution >= 0.6 is 0 Å². The fourth-order valence-electron chi connectivity index (χ4n) is 2.04. The first-order chi connectivity index (χ1) is 13.1. The van der Waals surface area contributed by atoms with Crippen molar-refractivity contribution in [3.63, 3.8) is 0 Å². The lowest BCUT2D eigenvalue weighted by molar-refractivity contribution is 0.0452. The SMILES string of the molecule is CCCCOC(=O)c1ccccc1C(=O)OCCCC.Oc1ccccc1. The molecular formula is C22H28O5. The second-order valence-electron chi connectivity index (χ2n) is 5.86. The number of carbonyl (C=O) groups excluding carboxylic acids is 2. The van der Waals surface area contributed by atoms with Crippen molar-refractivity contribution in [3.8, 4) is 5.75 Å². The molecule has 5 heteroatoms. The molecule has 27 heavy (non-hydrogen) atoms. The van der Waals surface area contributed by atoms with E-state index in [1.807, 2.05) is 19.9 Å². The van der Waals surface area contributed by atoms with E-state index < -0.39 is 11.9 Å². The Balaban J connectivity index is 0.000000433.